The number of carbonyl (C=O) groups is 1. The average molecular weight is 317 g/mol. The predicted octanol–water partition coefficient (Wildman–Crippen LogP) is 1.64. The van der Waals surface area contributed by atoms with Crippen molar-refractivity contribution >= 4 is 17.7 Å². The number of hydrogen-bond donors (Lipinski definition) is 1. The molecule has 1 amide bonds. The van der Waals surface area contributed by atoms with Crippen LogP contribution in [0.4, 0.5) is 0 Å². The van der Waals surface area contributed by atoms with E-state index in [1.807, 2.05) is 12.1 Å². The largest absolute Gasteiger partial charge is 0.493 e. The fourth-order valence-corrected chi connectivity index (χ4v) is 3.27. The van der Waals surface area contributed by atoms with E-state index in [1.54, 1.807) is 14.2 Å². The first kappa shape index (κ1) is 14.6. The molecular weight excluding hydrogens is 302 g/mol. The van der Waals surface area contributed by atoms with Gasteiger partial charge in [-0.3, -0.25) is 4.79 Å². The third kappa shape index (κ3) is 2.48. The van der Waals surface area contributed by atoms with Crippen molar-refractivity contribution in [2.75, 3.05) is 20.0 Å². The summed E-state index contributed by atoms with van der Waals surface area (Å²) in [4.78, 5) is 19.6. The molecular formula is C15H15N3O3S. The van der Waals surface area contributed by atoms with Crippen molar-refractivity contribution in [3.05, 3.63) is 29.6 Å². The molecule has 0 atom stereocenters. The molecule has 0 saturated heterocycles. The minimum atomic E-state index is -0.365. The number of benzene rings is 1. The van der Waals surface area contributed by atoms with Gasteiger partial charge in [-0.1, -0.05) is 11.8 Å². The first-order valence-electron chi connectivity index (χ1n) is 6.64. The van der Waals surface area contributed by atoms with Crippen LogP contribution in [0.2, 0.25) is 0 Å². The van der Waals surface area contributed by atoms with Crippen molar-refractivity contribution in [1.29, 1.82) is 0 Å². The molecule has 0 radical (unpaired) electrons. The Balaban J connectivity index is 2.04. The molecule has 1 aromatic carbocycles. The Morgan fingerprint density at radius 3 is 2.68 bits per heavy atom. The lowest BCUT2D eigenvalue weighted by Gasteiger charge is -2.09. The number of thioether (sulfide) groups is 1. The third-order valence-corrected chi connectivity index (χ3v) is 4.54. The molecule has 0 fully saturated rings. The van der Waals surface area contributed by atoms with Crippen molar-refractivity contribution < 1.29 is 14.3 Å². The van der Waals surface area contributed by atoms with E-state index >= 15 is 0 Å². The van der Waals surface area contributed by atoms with Crippen LogP contribution in [0.15, 0.2) is 23.5 Å². The van der Waals surface area contributed by atoms with Crippen LogP contribution in [0.3, 0.4) is 0 Å². The molecule has 2 aromatic rings. The predicted molar refractivity (Wildman–Crippen MR) is 83.3 cm³/mol. The quantitative estimate of drug-likeness (QED) is 0.568. The molecule has 1 aliphatic carbocycles. The maximum atomic E-state index is 11.0. The number of rotatable bonds is 5. The number of hydrogen-bond acceptors (Lipinski definition) is 6. The van der Waals surface area contributed by atoms with Gasteiger partial charge in [0, 0.05) is 17.5 Å². The van der Waals surface area contributed by atoms with Crippen LogP contribution in [0, 0.1) is 0 Å². The molecule has 6 nitrogen and oxygen atoms in total. The first-order chi connectivity index (χ1) is 10.6. The first-order valence-corrected chi connectivity index (χ1v) is 7.62. The second-order valence-electron chi connectivity index (χ2n) is 4.80. The van der Waals surface area contributed by atoms with Crippen LogP contribution >= 0.6 is 11.8 Å². The molecule has 3 rings (SSSR count). The zero-order valence-corrected chi connectivity index (χ0v) is 13.1. The summed E-state index contributed by atoms with van der Waals surface area (Å²) in [5.74, 6) is 1.19. The van der Waals surface area contributed by atoms with E-state index in [0.29, 0.717) is 17.9 Å². The summed E-state index contributed by atoms with van der Waals surface area (Å²) in [7, 11) is 3.22. The van der Waals surface area contributed by atoms with E-state index in [4.69, 9.17) is 15.2 Å². The fraction of sp³-hybridized carbons (Fsp3) is 0.267. The minimum absolute atomic E-state index is 0.201. The number of fused-ring (bicyclic) bond motifs is 3. The Labute approximate surface area is 132 Å². The molecule has 0 aliphatic heterocycles. The molecule has 7 heteroatoms. The number of methoxy groups -OCH3 is 2. The van der Waals surface area contributed by atoms with E-state index in [9.17, 15) is 4.79 Å². The molecule has 0 spiro atoms. The van der Waals surface area contributed by atoms with E-state index < -0.39 is 0 Å². The highest BCUT2D eigenvalue weighted by atomic mass is 32.2. The molecule has 1 heterocycles. The number of carbonyl (C=O) groups excluding carboxylic acids is 1. The number of ether oxygens (including phenoxy) is 2. The second-order valence-corrected chi connectivity index (χ2v) is 5.77. The monoisotopic (exact) mass is 317 g/mol. The minimum Gasteiger partial charge on any atom is -0.493 e. The highest BCUT2D eigenvalue weighted by molar-refractivity contribution is 7.99. The molecule has 1 aromatic heterocycles. The molecule has 0 bridgehead atoms. The number of nitrogens with zero attached hydrogens (tertiary/aromatic N) is 2. The van der Waals surface area contributed by atoms with Crippen molar-refractivity contribution in [2.45, 2.75) is 11.4 Å². The SMILES string of the molecule is COc1cc2c(cc1OC)-c1ncnc(SCC(N)=O)c1C2. The molecule has 114 valence electrons. The lowest BCUT2D eigenvalue weighted by molar-refractivity contribution is -0.115. The van der Waals surface area contributed by atoms with Gasteiger partial charge in [0.1, 0.15) is 11.4 Å². The molecule has 22 heavy (non-hydrogen) atoms. The van der Waals surface area contributed by atoms with Crippen LogP contribution in [-0.4, -0.2) is 35.8 Å². The van der Waals surface area contributed by atoms with Crippen molar-refractivity contribution in [3.8, 4) is 22.8 Å². The smallest absolute Gasteiger partial charge is 0.227 e. The van der Waals surface area contributed by atoms with Gasteiger partial charge in [0.2, 0.25) is 5.91 Å². The van der Waals surface area contributed by atoms with Gasteiger partial charge in [-0.25, -0.2) is 9.97 Å². The van der Waals surface area contributed by atoms with E-state index in [-0.39, 0.29) is 11.7 Å². The maximum Gasteiger partial charge on any atom is 0.227 e. The Kier molecular flexibility index (Phi) is 3.89. The normalized spacial score (nSPS) is 11.7. The Morgan fingerprint density at radius 2 is 2.00 bits per heavy atom. The summed E-state index contributed by atoms with van der Waals surface area (Å²) in [5.41, 5.74) is 9.21. The highest BCUT2D eigenvalue weighted by Gasteiger charge is 2.26. The highest BCUT2D eigenvalue weighted by Crippen LogP contribution is 2.43. The molecule has 1 aliphatic rings. The Morgan fingerprint density at radius 1 is 1.27 bits per heavy atom. The third-order valence-electron chi connectivity index (χ3n) is 3.49. The zero-order chi connectivity index (χ0) is 15.7. The van der Waals surface area contributed by atoms with Gasteiger partial charge in [-0.2, -0.15) is 0 Å². The number of aromatic nitrogens is 2. The molecule has 0 saturated carbocycles. The van der Waals surface area contributed by atoms with Crippen LogP contribution < -0.4 is 15.2 Å². The van der Waals surface area contributed by atoms with Gasteiger partial charge in [0.25, 0.3) is 0 Å². The lowest BCUT2D eigenvalue weighted by atomic mass is 10.1. The number of primary amides is 1. The lowest BCUT2D eigenvalue weighted by Crippen LogP contribution is -2.13. The Hall–Kier alpha value is -2.28. The fourth-order valence-electron chi connectivity index (χ4n) is 2.53. The van der Waals surface area contributed by atoms with Crippen molar-refractivity contribution in [3.63, 3.8) is 0 Å². The summed E-state index contributed by atoms with van der Waals surface area (Å²) in [6, 6.07) is 3.88. The summed E-state index contributed by atoms with van der Waals surface area (Å²) >= 11 is 1.34. The summed E-state index contributed by atoms with van der Waals surface area (Å²) in [6.45, 7) is 0. The zero-order valence-electron chi connectivity index (χ0n) is 12.3. The van der Waals surface area contributed by atoms with Gasteiger partial charge < -0.3 is 15.2 Å². The van der Waals surface area contributed by atoms with Crippen molar-refractivity contribution in [1.82, 2.24) is 9.97 Å². The van der Waals surface area contributed by atoms with Crippen LogP contribution in [0.1, 0.15) is 11.1 Å². The summed E-state index contributed by atoms with van der Waals surface area (Å²) in [6.07, 6.45) is 2.21. The van der Waals surface area contributed by atoms with Gasteiger partial charge in [0.15, 0.2) is 11.5 Å². The number of amides is 1. The maximum absolute atomic E-state index is 11.0. The topological polar surface area (TPSA) is 87.3 Å². The van der Waals surface area contributed by atoms with Crippen LogP contribution in [0.25, 0.3) is 11.3 Å². The van der Waals surface area contributed by atoms with Crippen molar-refractivity contribution in [2.24, 2.45) is 5.73 Å². The van der Waals surface area contributed by atoms with Crippen LogP contribution in [0.5, 0.6) is 11.5 Å². The van der Waals surface area contributed by atoms with Gasteiger partial charge >= 0.3 is 0 Å². The van der Waals surface area contributed by atoms with E-state index in [2.05, 4.69) is 9.97 Å². The molecule has 2 N–H and O–H groups in total. The van der Waals surface area contributed by atoms with Gasteiger partial charge in [-0.05, 0) is 17.7 Å². The van der Waals surface area contributed by atoms with Gasteiger partial charge in [-0.15, -0.1) is 0 Å². The van der Waals surface area contributed by atoms with Gasteiger partial charge in [0.05, 0.1) is 25.7 Å². The Bertz CT molecular complexity index is 749. The molecule has 0 unspecified atom stereocenters. The van der Waals surface area contributed by atoms with E-state index in [0.717, 1.165) is 27.4 Å². The second kappa shape index (κ2) is 5.84. The average Bonchev–Trinajstić information content (AvgIpc) is 2.89. The summed E-state index contributed by atoms with van der Waals surface area (Å²) in [5, 5.41) is 0.790. The number of nitrogens with two attached hydrogens (primary N) is 1. The summed E-state index contributed by atoms with van der Waals surface area (Å²) < 4.78 is 10.7. The van der Waals surface area contributed by atoms with E-state index in [1.165, 1.54) is 18.1 Å². The van der Waals surface area contributed by atoms with Crippen LogP contribution in [-0.2, 0) is 11.2 Å². The standard InChI is InChI=1S/C15H15N3O3S/c1-20-11-4-8-3-10-14(9(8)5-12(11)21-2)17-7-18-15(10)22-6-13(16)19/h4-5,7H,3,6H2,1-2H3,(H2,16,19).